The smallest absolute Gasteiger partial charge is 0.323 e. The minimum Gasteiger partial charge on any atom is -0.480 e. The van der Waals surface area contributed by atoms with Gasteiger partial charge in [-0.1, -0.05) is 0 Å². The van der Waals surface area contributed by atoms with E-state index in [0.29, 0.717) is 4.90 Å². The fourth-order valence-electron chi connectivity index (χ4n) is 0.959. The van der Waals surface area contributed by atoms with E-state index in [-0.39, 0.29) is 0 Å². The van der Waals surface area contributed by atoms with Crippen LogP contribution in [0, 0.1) is 0 Å². The summed E-state index contributed by atoms with van der Waals surface area (Å²) in [5, 5.41) is 10.8. The monoisotopic (exact) mass is 260 g/mol. The first-order valence-corrected chi connectivity index (χ1v) is 4.93. The molecule has 9 heteroatoms. The molecule has 0 saturated heterocycles. The van der Waals surface area contributed by atoms with Crippen LogP contribution >= 0.6 is 0 Å². The second-order valence-electron chi connectivity index (χ2n) is 4.14. The Hall–Kier alpha value is -2.32. The van der Waals surface area contributed by atoms with Gasteiger partial charge in [-0.3, -0.25) is 14.4 Å². The van der Waals surface area contributed by atoms with Crippen molar-refractivity contribution >= 4 is 23.8 Å². The minimum absolute atomic E-state index is 0.576. The van der Waals surface area contributed by atoms with Gasteiger partial charge in [-0.15, -0.1) is 0 Å². The summed E-state index contributed by atoms with van der Waals surface area (Å²) in [6.07, 6.45) is 0. The molecule has 0 atom stereocenters. The van der Waals surface area contributed by atoms with Crippen molar-refractivity contribution in [3.63, 3.8) is 0 Å². The summed E-state index contributed by atoms with van der Waals surface area (Å²) in [5.41, 5.74) is 8.56. The molecule has 6 N–H and O–H groups in total. The first-order valence-electron chi connectivity index (χ1n) is 4.93. The van der Waals surface area contributed by atoms with Crippen molar-refractivity contribution < 1.29 is 24.3 Å². The molecule has 0 aromatic rings. The summed E-state index contributed by atoms with van der Waals surface area (Å²) >= 11 is 0. The number of carboxylic acid groups (broad SMARTS) is 1. The first-order chi connectivity index (χ1) is 8.06. The number of carboxylic acids is 1. The molecule has 0 saturated carbocycles. The van der Waals surface area contributed by atoms with Gasteiger partial charge in [-0.25, -0.2) is 4.79 Å². The molecule has 0 rings (SSSR count). The zero-order valence-electron chi connectivity index (χ0n) is 10.1. The Morgan fingerprint density at radius 2 is 1.67 bits per heavy atom. The van der Waals surface area contributed by atoms with Gasteiger partial charge in [-0.05, 0) is 13.8 Å². The van der Waals surface area contributed by atoms with Crippen LogP contribution in [-0.4, -0.2) is 52.4 Å². The molecule has 0 fully saturated rings. The van der Waals surface area contributed by atoms with Gasteiger partial charge in [0.15, 0.2) is 0 Å². The molecule has 102 valence electrons. The van der Waals surface area contributed by atoms with Gasteiger partial charge >= 0.3 is 12.0 Å². The predicted molar refractivity (Wildman–Crippen MR) is 60.2 cm³/mol. The number of urea groups is 1. The van der Waals surface area contributed by atoms with Gasteiger partial charge in [0.2, 0.25) is 11.8 Å². The van der Waals surface area contributed by atoms with Gasteiger partial charge in [0.25, 0.3) is 0 Å². The zero-order valence-corrected chi connectivity index (χ0v) is 10.1. The molecule has 0 bridgehead atoms. The average Bonchev–Trinajstić information content (AvgIpc) is 2.13. The molecule has 0 aliphatic carbocycles. The SMILES string of the molecule is CC(C)(NC(=O)N(CC(N)=O)CC(=O)O)C(N)=O. The highest BCUT2D eigenvalue weighted by Gasteiger charge is 2.30. The molecule has 0 aliphatic rings. The summed E-state index contributed by atoms with van der Waals surface area (Å²) in [4.78, 5) is 44.6. The van der Waals surface area contributed by atoms with E-state index in [9.17, 15) is 19.2 Å². The Balaban J connectivity index is 4.80. The van der Waals surface area contributed by atoms with E-state index in [4.69, 9.17) is 16.6 Å². The van der Waals surface area contributed by atoms with Crippen LogP contribution in [0.25, 0.3) is 0 Å². The third kappa shape index (κ3) is 5.14. The molecule has 0 aliphatic heterocycles. The lowest BCUT2D eigenvalue weighted by atomic mass is 10.1. The topological polar surface area (TPSA) is 156 Å². The van der Waals surface area contributed by atoms with Crippen LogP contribution in [0.3, 0.4) is 0 Å². The van der Waals surface area contributed by atoms with Gasteiger partial charge in [-0.2, -0.15) is 0 Å². The quantitative estimate of drug-likeness (QED) is 0.427. The van der Waals surface area contributed by atoms with E-state index < -0.39 is 42.4 Å². The molecule has 0 radical (unpaired) electrons. The Morgan fingerprint density at radius 1 is 1.17 bits per heavy atom. The Bertz CT molecular complexity index is 363. The summed E-state index contributed by atoms with van der Waals surface area (Å²) in [6, 6.07) is -0.917. The van der Waals surface area contributed by atoms with Gasteiger partial charge in [0, 0.05) is 0 Å². The molecular weight excluding hydrogens is 244 g/mol. The Labute approximate surface area is 103 Å². The molecule has 0 unspecified atom stereocenters. The molecule has 4 amide bonds. The number of carbonyl (C=O) groups is 4. The molecule has 0 heterocycles. The number of hydrogen-bond acceptors (Lipinski definition) is 4. The fraction of sp³-hybridized carbons (Fsp3) is 0.556. The van der Waals surface area contributed by atoms with Crippen LogP contribution in [0.5, 0.6) is 0 Å². The lowest BCUT2D eigenvalue weighted by molar-refractivity contribution is -0.137. The molecule has 0 aromatic carbocycles. The second kappa shape index (κ2) is 5.84. The number of carbonyl (C=O) groups excluding carboxylic acids is 3. The van der Waals surface area contributed by atoms with Crippen LogP contribution < -0.4 is 16.8 Å². The van der Waals surface area contributed by atoms with Crippen molar-refractivity contribution in [3.05, 3.63) is 0 Å². The van der Waals surface area contributed by atoms with Crippen LogP contribution in [0.15, 0.2) is 0 Å². The second-order valence-corrected chi connectivity index (χ2v) is 4.14. The summed E-state index contributed by atoms with van der Waals surface area (Å²) in [7, 11) is 0. The minimum atomic E-state index is -1.37. The number of nitrogens with one attached hydrogen (secondary N) is 1. The molecule has 0 aromatic heterocycles. The van der Waals surface area contributed by atoms with E-state index in [1.54, 1.807) is 0 Å². The maximum atomic E-state index is 11.7. The normalized spacial score (nSPS) is 10.6. The molecule has 9 nitrogen and oxygen atoms in total. The molecular formula is C9H16N4O5. The van der Waals surface area contributed by atoms with E-state index in [2.05, 4.69) is 5.32 Å². The fourth-order valence-corrected chi connectivity index (χ4v) is 0.959. The third-order valence-corrected chi connectivity index (χ3v) is 2.00. The number of amides is 4. The highest BCUT2D eigenvalue weighted by Crippen LogP contribution is 2.02. The number of primary amides is 2. The van der Waals surface area contributed by atoms with Crippen molar-refractivity contribution in [3.8, 4) is 0 Å². The zero-order chi connectivity index (χ0) is 14.5. The average molecular weight is 260 g/mol. The molecule has 0 spiro atoms. The van der Waals surface area contributed by atoms with Gasteiger partial charge in [0.1, 0.15) is 18.6 Å². The highest BCUT2D eigenvalue weighted by atomic mass is 16.4. The lowest BCUT2D eigenvalue weighted by Crippen LogP contribution is -2.58. The maximum Gasteiger partial charge on any atom is 0.323 e. The molecule has 18 heavy (non-hydrogen) atoms. The van der Waals surface area contributed by atoms with Crippen molar-refractivity contribution in [2.24, 2.45) is 11.5 Å². The van der Waals surface area contributed by atoms with Crippen LogP contribution in [0.1, 0.15) is 13.8 Å². The lowest BCUT2D eigenvalue weighted by Gasteiger charge is -2.27. The summed E-state index contributed by atoms with van der Waals surface area (Å²) < 4.78 is 0. The predicted octanol–water partition coefficient (Wildman–Crippen LogP) is -2.17. The summed E-state index contributed by atoms with van der Waals surface area (Å²) in [5.74, 6) is -2.99. The van der Waals surface area contributed by atoms with E-state index in [1.807, 2.05) is 0 Å². The number of hydrogen-bond donors (Lipinski definition) is 4. The number of nitrogens with two attached hydrogens (primary N) is 2. The third-order valence-electron chi connectivity index (χ3n) is 2.00. The largest absolute Gasteiger partial charge is 0.480 e. The number of rotatable bonds is 6. The van der Waals surface area contributed by atoms with Gasteiger partial charge in [0.05, 0.1) is 0 Å². The summed E-state index contributed by atoms with van der Waals surface area (Å²) in [6.45, 7) is 1.39. The van der Waals surface area contributed by atoms with Crippen LogP contribution in [0.4, 0.5) is 4.79 Å². The van der Waals surface area contributed by atoms with E-state index >= 15 is 0 Å². The number of aliphatic carboxylic acids is 1. The van der Waals surface area contributed by atoms with Crippen molar-refractivity contribution in [2.75, 3.05) is 13.1 Å². The standard InChI is InChI=1S/C9H16N4O5/c1-9(2,7(11)17)12-8(18)13(3-5(10)14)4-6(15)16/h3-4H2,1-2H3,(H2,10,14)(H2,11,17)(H,12,18)(H,15,16). The highest BCUT2D eigenvalue weighted by molar-refractivity contribution is 5.91. The van der Waals surface area contributed by atoms with Crippen molar-refractivity contribution in [1.82, 2.24) is 10.2 Å². The maximum absolute atomic E-state index is 11.7. The van der Waals surface area contributed by atoms with Gasteiger partial charge < -0.3 is 26.8 Å². The Morgan fingerprint density at radius 3 is 2.00 bits per heavy atom. The Kier molecular flexibility index (Phi) is 5.09. The van der Waals surface area contributed by atoms with E-state index in [1.165, 1.54) is 13.8 Å². The number of nitrogens with zero attached hydrogens (tertiary/aromatic N) is 1. The van der Waals surface area contributed by atoms with Crippen LogP contribution in [-0.2, 0) is 14.4 Å². The van der Waals surface area contributed by atoms with Crippen molar-refractivity contribution in [2.45, 2.75) is 19.4 Å². The van der Waals surface area contributed by atoms with Crippen molar-refractivity contribution in [1.29, 1.82) is 0 Å². The van der Waals surface area contributed by atoms with E-state index in [0.717, 1.165) is 0 Å². The first kappa shape index (κ1) is 15.7. The van der Waals surface area contributed by atoms with Crippen LogP contribution in [0.2, 0.25) is 0 Å².